The van der Waals surface area contributed by atoms with Crippen molar-refractivity contribution in [3.63, 3.8) is 0 Å². The van der Waals surface area contributed by atoms with Crippen LogP contribution in [-0.4, -0.2) is 35.2 Å². The summed E-state index contributed by atoms with van der Waals surface area (Å²) in [7, 11) is 1.56. The second kappa shape index (κ2) is 10.7. The number of ether oxygens (including phenoxy) is 1. The Hall–Kier alpha value is -4.04. The van der Waals surface area contributed by atoms with Gasteiger partial charge >= 0.3 is 0 Å². The van der Waals surface area contributed by atoms with Crippen LogP contribution in [0, 0.1) is 6.92 Å². The van der Waals surface area contributed by atoms with Gasteiger partial charge in [0.1, 0.15) is 16.8 Å². The molecule has 1 heterocycles. The Morgan fingerprint density at radius 1 is 0.971 bits per heavy atom. The molecule has 172 valence electrons. The number of anilines is 1. The number of rotatable bonds is 8. The van der Waals surface area contributed by atoms with Crippen molar-refractivity contribution < 1.29 is 14.3 Å². The van der Waals surface area contributed by atoms with Gasteiger partial charge in [0.15, 0.2) is 0 Å². The topological polar surface area (TPSA) is 93.2 Å². The minimum Gasteiger partial charge on any atom is -0.497 e. The zero-order chi connectivity index (χ0) is 23.9. The lowest BCUT2D eigenvalue weighted by molar-refractivity contribution is -0.118. The Balaban J connectivity index is 1.51. The predicted molar refractivity (Wildman–Crippen MR) is 133 cm³/mol. The minimum absolute atomic E-state index is 0.331. The molecule has 1 atom stereocenters. The molecule has 0 fully saturated rings. The maximum absolute atomic E-state index is 13.2. The van der Waals surface area contributed by atoms with Crippen molar-refractivity contribution in [1.29, 1.82) is 0 Å². The summed E-state index contributed by atoms with van der Waals surface area (Å²) in [6, 6.07) is 23.4. The molecule has 2 N–H and O–H groups in total. The SMILES string of the molecule is COc1ccc(C(=O)NC(Cc2ccccc2)C(=O)Nc2nnc(-c3cccc(C)c3)s2)cc1. The number of carbonyl (C=O) groups is 2. The molecule has 4 aromatic rings. The van der Waals surface area contributed by atoms with Crippen molar-refractivity contribution in [2.75, 3.05) is 12.4 Å². The van der Waals surface area contributed by atoms with Gasteiger partial charge in [-0.2, -0.15) is 0 Å². The van der Waals surface area contributed by atoms with E-state index in [9.17, 15) is 9.59 Å². The fraction of sp³-hybridized carbons (Fsp3) is 0.154. The largest absolute Gasteiger partial charge is 0.497 e. The van der Waals surface area contributed by atoms with Gasteiger partial charge in [-0.15, -0.1) is 10.2 Å². The van der Waals surface area contributed by atoms with Crippen LogP contribution in [0.25, 0.3) is 10.6 Å². The molecule has 0 saturated heterocycles. The van der Waals surface area contributed by atoms with Gasteiger partial charge < -0.3 is 10.1 Å². The van der Waals surface area contributed by atoms with Crippen molar-refractivity contribution in [3.05, 3.63) is 95.6 Å². The molecule has 2 amide bonds. The highest BCUT2D eigenvalue weighted by atomic mass is 32.1. The first-order chi connectivity index (χ1) is 16.5. The molecule has 0 saturated carbocycles. The highest BCUT2D eigenvalue weighted by molar-refractivity contribution is 7.18. The maximum atomic E-state index is 13.2. The second-order valence-electron chi connectivity index (χ2n) is 7.72. The Bertz CT molecular complexity index is 1270. The maximum Gasteiger partial charge on any atom is 0.251 e. The van der Waals surface area contributed by atoms with Crippen molar-refractivity contribution in [1.82, 2.24) is 15.5 Å². The van der Waals surface area contributed by atoms with E-state index in [1.165, 1.54) is 11.3 Å². The molecule has 34 heavy (non-hydrogen) atoms. The number of aryl methyl sites for hydroxylation is 1. The number of nitrogens with zero attached hydrogens (tertiary/aromatic N) is 2. The zero-order valence-corrected chi connectivity index (χ0v) is 19.6. The predicted octanol–water partition coefficient (Wildman–Crippen LogP) is 4.50. The summed E-state index contributed by atoms with van der Waals surface area (Å²) in [5, 5.41) is 15.1. The lowest BCUT2D eigenvalue weighted by Crippen LogP contribution is -2.45. The van der Waals surface area contributed by atoms with Crippen LogP contribution < -0.4 is 15.4 Å². The standard InChI is InChI=1S/C26H24N4O3S/c1-17-7-6-10-20(15-17)25-29-30-26(34-25)28-24(32)22(16-18-8-4-3-5-9-18)27-23(31)19-11-13-21(33-2)14-12-19/h3-15,22H,16H2,1-2H3,(H,27,31)(H,28,30,32). The lowest BCUT2D eigenvalue weighted by atomic mass is 10.0. The van der Waals surface area contributed by atoms with Crippen LogP contribution in [0.15, 0.2) is 78.9 Å². The smallest absolute Gasteiger partial charge is 0.251 e. The summed E-state index contributed by atoms with van der Waals surface area (Å²) in [6.45, 7) is 2.01. The van der Waals surface area contributed by atoms with Gasteiger partial charge in [0.05, 0.1) is 7.11 Å². The Labute approximate surface area is 201 Å². The molecular weight excluding hydrogens is 448 g/mol. The highest BCUT2D eigenvalue weighted by Crippen LogP contribution is 2.27. The highest BCUT2D eigenvalue weighted by Gasteiger charge is 2.23. The third-order valence-corrected chi connectivity index (χ3v) is 6.06. The molecule has 1 aromatic heterocycles. The first kappa shape index (κ1) is 23.1. The number of amides is 2. The summed E-state index contributed by atoms with van der Waals surface area (Å²) >= 11 is 1.29. The van der Waals surface area contributed by atoms with E-state index in [0.717, 1.165) is 16.7 Å². The molecule has 8 heteroatoms. The van der Waals surface area contributed by atoms with Crippen molar-refractivity contribution in [3.8, 4) is 16.3 Å². The second-order valence-corrected chi connectivity index (χ2v) is 8.69. The normalized spacial score (nSPS) is 11.5. The third-order valence-electron chi connectivity index (χ3n) is 5.18. The van der Waals surface area contributed by atoms with E-state index in [1.807, 2.05) is 61.5 Å². The van der Waals surface area contributed by atoms with Gasteiger partial charge in [0, 0.05) is 17.5 Å². The Kier molecular flexibility index (Phi) is 7.29. The summed E-state index contributed by atoms with van der Waals surface area (Å²) in [5.74, 6) is -0.0649. The molecule has 3 aromatic carbocycles. The number of methoxy groups -OCH3 is 1. The fourth-order valence-corrected chi connectivity index (χ4v) is 4.15. The van der Waals surface area contributed by atoms with Crippen LogP contribution in [0.5, 0.6) is 5.75 Å². The Morgan fingerprint density at radius 2 is 1.74 bits per heavy atom. The molecule has 4 rings (SSSR count). The molecule has 0 aliphatic carbocycles. The van der Waals surface area contributed by atoms with Crippen LogP contribution in [-0.2, 0) is 11.2 Å². The van der Waals surface area contributed by atoms with Gasteiger partial charge in [0.2, 0.25) is 11.0 Å². The molecule has 0 aliphatic heterocycles. The van der Waals surface area contributed by atoms with E-state index in [0.29, 0.717) is 27.9 Å². The van der Waals surface area contributed by atoms with Gasteiger partial charge in [0.25, 0.3) is 5.91 Å². The zero-order valence-electron chi connectivity index (χ0n) is 18.8. The third kappa shape index (κ3) is 5.85. The molecule has 0 radical (unpaired) electrons. The average Bonchev–Trinajstić information content (AvgIpc) is 3.33. The molecular formula is C26H24N4O3S. The van der Waals surface area contributed by atoms with Crippen LogP contribution >= 0.6 is 11.3 Å². The van der Waals surface area contributed by atoms with Gasteiger partial charge in [-0.05, 0) is 42.8 Å². The lowest BCUT2D eigenvalue weighted by Gasteiger charge is -2.18. The minimum atomic E-state index is -0.802. The summed E-state index contributed by atoms with van der Waals surface area (Å²) in [4.78, 5) is 26.0. The van der Waals surface area contributed by atoms with Crippen LogP contribution in [0.4, 0.5) is 5.13 Å². The molecule has 0 bridgehead atoms. The number of benzene rings is 3. The number of nitrogens with one attached hydrogen (secondary N) is 2. The number of aromatic nitrogens is 2. The van der Waals surface area contributed by atoms with E-state index in [1.54, 1.807) is 31.4 Å². The van der Waals surface area contributed by atoms with Gasteiger partial charge in [-0.25, -0.2) is 0 Å². The van der Waals surface area contributed by atoms with E-state index in [2.05, 4.69) is 20.8 Å². The van der Waals surface area contributed by atoms with Crippen LogP contribution in [0.3, 0.4) is 0 Å². The molecule has 7 nitrogen and oxygen atoms in total. The summed E-state index contributed by atoms with van der Waals surface area (Å²) in [5.41, 5.74) is 3.41. The molecule has 0 aliphatic rings. The molecule has 0 spiro atoms. The van der Waals surface area contributed by atoms with Crippen molar-refractivity contribution >= 4 is 28.3 Å². The van der Waals surface area contributed by atoms with E-state index < -0.39 is 6.04 Å². The van der Waals surface area contributed by atoms with Gasteiger partial charge in [-0.1, -0.05) is 65.4 Å². The number of carbonyl (C=O) groups excluding carboxylic acids is 2. The van der Waals surface area contributed by atoms with E-state index >= 15 is 0 Å². The monoisotopic (exact) mass is 472 g/mol. The van der Waals surface area contributed by atoms with E-state index in [-0.39, 0.29) is 11.8 Å². The summed E-state index contributed by atoms with van der Waals surface area (Å²) < 4.78 is 5.15. The fourth-order valence-electron chi connectivity index (χ4n) is 3.40. The van der Waals surface area contributed by atoms with Crippen LogP contribution in [0.2, 0.25) is 0 Å². The quantitative estimate of drug-likeness (QED) is 0.394. The first-order valence-electron chi connectivity index (χ1n) is 10.7. The number of hydrogen-bond donors (Lipinski definition) is 2. The van der Waals surface area contributed by atoms with Crippen molar-refractivity contribution in [2.45, 2.75) is 19.4 Å². The van der Waals surface area contributed by atoms with Crippen LogP contribution in [0.1, 0.15) is 21.5 Å². The van der Waals surface area contributed by atoms with E-state index in [4.69, 9.17) is 4.74 Å². The first-order valence-corrected chi connectivity index (χ1v) is 11.5. The molecule has 1 unspecified atom stereocenters. The number of hydrogen-bond acceptors (Lipinski definition) is 6. The summed E-state index contributed by atoms with van der Waals surface area (Å²) in [6.07, 6.45) is 0.331. The van der Waals surface area contributed by atoms with Crippen molar-refractivity contribution in [2.24, 2.45) is 0 Å². The average molecular weight is 473 g/mol. The Morgan fingerprint density at radius 3 is 2.44 bits per heavy atom. The van der Waals surface area contributed by atoms with Gasteiger partial charge in [-0.3, -0.25) is 14.9 Å².